The summed E-state index contributed by atoms with van der Waals surface area (Å²) in [7, 11) is -8.11. The number of ether oxygens (including phenoxy) is 1. The molecular formula is C24H16Cl2O7S2. The van der Waals surface area contributed by atoms with E-state index in [9.17, 15) is 16.8 Å². The molecule has 0 saturated heterocycles. The van der Waals surface area contributed by atoms with Crippen LogP contribution in [-0.4, -0.2) is 16.8 Å². The summed E-state index contributed by atoms with van der Waals surface area (Å²) in [5.74, 6) is 0.932. The highest BCUT2D eigenvalue weighted by Crippen LogP contribution is 2.27. The molecule has 0 atom stereocenters. The molecule has 11 heteroatoms. The maximum atomic E-state index is 12.5. The highest BCUT2D eigenvalue weighted by Gasteiger charge is 2.18. The van der Waals surface area contributed by atoms with Crippen molar-refractivity contribution in [2.45, 2.75) is 9.79 Å². The van der Waals surface area contributed by atoms with Gasteiger partial charge in [-0.2, -0.15) is 16.8 Å². The fourth-order valence-electron chi connectivity index (χ4n) is 2.81. The number of halogens is 2. The van der Waals surface area contributed by atoms with Gasteiger partial charge in [-0.25, -0.2) is 0 Å². The van der Waals surface area contributed by atoms with Crippen molar-refractivity contribution < 1.29 is 29.9 Å². The maximum absolute atomic E-state index is 12.5. The van der Waals surface area contributed by atoms with E-state index in [2.05, 4.69) is 0 Å². The van der Waals surface area contributed by atoms with Crippen LogP contribution in [0.15, 0.2) is 107 Å². The molecule has 0 radical (unpaired) electrons. The van der Waals surface area contributed by atoms with Gasteiger partial charge in [-0.1, -0.05) is 23.2 Å². The minimum absolute atomic E-state index is 0.0689. The molecule has 0 heterocycles. The predicted octanol–water partition coefficient (Wildman–Crippen LogP) is 6.32. The minimum atomic E-state index is -4.05. The Bertz CT molecular complexity index is 1400. The summed E-state index contributed by atoms with van der Waals surface area (Å²) in [6, 6.07) is 23.0. The standard InChI is InChI=1S/C24H16Cl2O7S2/c25-17-1-5-21(6-2-17)32-34(27,28)23-13-9-19(10-14-23)31-20-11-15-24(16-12-20)35(29,30)33-22-7-3-18(26)4-8-22/h1-16H. The van der Waals surface area contributed by atoms with Crippen LogP contribution in [0.2, 0.25) is 10.0 Å². The van der Waals surface area contributed by atoms with Gasteiger partial charge in [0.15, 0.2) is 0 Å². The van der Waals surface area contributed by atoms with Crippen molar-refractivity contribution in [3.8, 4) is 23.0 Å². The van der Waals surface area contributed by atoms with Crippen LogP contribution < -0.4 is 13.1 Å². The first-order valence-electron chi connectivity index (χ1n) is 9.89. The van der Waals surface area contributed by atoms with Gasteiger partial charge in [-0.3, -0.25) is 0 Å². The minimum Gasteiger partial charge on any atom is -0.457 e. The SMILES string of the molecule is O=S(=O)(Oc1ccc(Cl)cc1)c1ccc(Oc2ccc(S(=O)(=O)Oc3ccc(Cl)cc3)cc2)cc1. The van der Waals surface area contributed by atoms with Gasteiger partial charge in [0.05, 0.1) is 0 Å². The zero-order valence-corrected chi connectivity index (χ0v) is 20.8. The number of hydrogen-bond acceptors (Lipinski definition) is 7. The topological polar surface area (TPSA) is 96.0 Å². The Morgan fingerprint density at radius 2 is 0.714 bits per heavy atom. The van der Waals surface area contributed by atoms with Crippen molar-refractivity contribution in [2.24, 2.45) is 0 Å². The molecule has 7 nitrogen and oxygen atoms in total. The van der Waals surface area contributed by atoms with Crippen molar-refractivity contribution in [2.75, 3.05) is 0 Å². The van der Waals surface area contributed by atoms with Gasteiger partial charge in [0, 0.05) is 10.0 Å². The van der Waals surface area contributed by atoms with E-state index in [0.717, 1.165) is 0 Å². The largest absolute Gasteiger partial charge is 0.457 e. The van der Waals surface area contributed by atoms with Crippen molar-refractivity contribution in [1.29, 1.82) is 0 Å². The molecule has 4 aromatic carbocycles. The van der Waals surface area contributed by atoms with E-state index in [-0.39, 0.29) is 21.3 Å². The molecule has 0 unspecified atom stereocenters. The van der Waals surface area contributed by atoms with E-state index in [1.54, 1.807) is 0 Å². The molecule has 0 fully saturated rings. The monoisotopic (exact) mass is 550 g/mol. The first-order valence-corrected chi connectivity index (χ1v) is 13.5. The van der Waals surface area contributed by atoms with Gasteiger partial charge < -0.3 is 13.1 Å². The average molecular weight is 551 g/mol. The molecular weight excluding hydrogens is 535 g/mol. The maximum Gasteiger partial charge on any atom is 0.339 e. The summed E-state index contributed by atoms with van der Waals surface area (Å²) in [5.41, 5.74) is 0. The van der Waals surface area contributed by atoms with Gasteiger partial charge in [0.1, 0.15) is 32.8 Å². The quantitative estimate of drug-likeness (QED) is 0.237. The van der Waals surface area contributed by atoms with Crippen LogP contribution in [-0.2, 0) is 20.2 Å². The summed E-state index contributed by atoms with van der Waals surface area (Å²) in [4.78, 5) is -0.138. The molecule has 35 heavy (non-hydrogen) atoms. The molecule has 0 amide bonds. The van der Waals surface area contributed by atoms with Crippen LogP contribution in [0.3, 0.4) is 0 Å². The lowest BCUT2D eigenvalue weighted by Gasteiger charge is -2.10. The van der Waals surface area contributed by atoms with E-state index in [0.29, 0.717) is 21.5 Å². The lowest BCUT2D eigenvalue weighted by Crippen LogP contribution is -2.09. The van der Waals surface area contributed by atoms with Crippen molar-refractivity contribution in [3.05, 3.63) is 107 Å². The Kier molecular flexibility index (Phi) is 7.23. The van der Waals surface area contributed by atoms with E-state index in [4.69, 9.17) is 36.3 Å². The second-order valence-electron chi connectivity index (χ2n) is 7.03. The molecule has 0 aromatic heterocycles. The fourth-order valence-corrected chi connectivity index (χ4v) is 4.93. The molecule has 0 spiro atoms. The third-order valence-corrected chi connectivity index (χ3v) is 7.53. The number of rotatable bonds is 8. The lowest BCUT2D eigenvalue weighted by atomic mass is 10.3. The molecule has 0 N–H and O–H groups in total. The number of benzene rings is 4. The van der Waals surface area contributed by atoms with E-state index < -0.39 is 20.2 Å². The normalized spacial score (nSPS) is 11.6. The Labute approximate surface area is 212 Å². The second-order valence-corrected chi connectivity index (χ2v) is 11.0. The molecule has 180 valence electrons. The zero-order valence-electron chi connectivity index (χ0n) is 17.7. The average Bonchev–Trinajstić information content (AvgIpc) is 2.82. The van der Waals surface area contributed by atoms with E-state index >= 15 is 0 Å². The summed E-state index contributed by atoms with van der Waals surface area (Å²) in [6.45, 7) is 0. The smallest absolute Gasteiger partial charge is 0.339 e. The van der Waals surface area contributed by atoms with Gasteiger partial charge in [-0.15, -0.1) is 0 Å². The first-order chi connectivity index (χ1) is 16.6. The van der Waals surface area contributed by atoms with Crippen LogP contribution in [0.5, 0.6) is 23.0 Å². The predicted molar refractivity (Wildman–Crippen MR) is 131 cm³/mol. The molecule has 4 rings (SSSR count). The second kappa shape index (κ2) is 10.2. The van der Waals surface area contributed by atoms with Crippen LogP contribution in [0.4, 0.5) is 0 Å². The molecule has 0 aliphatic carbocycles. The van der Waals surface area contributed by atoms with Crippen LogP contribution in [0.1, 0.15) is 0 Å². The highest BCUT2D eigenvalue weighted by atomic mass is 35.5. The van der Waals surface area contributed by atoms with Crippen molar-refractivity contribution >= 4 is 43.4 Å². The lowest BCUT2D eigenvalue weighted by molar-refractivity contribution is 0.477. The molecule has 0 aliphatic rings. The fraction of sp³-hybridized carbons (Fsp3) is 0. The highest BCUT2D eigenvalue weighted by molar-refractivity contribution is 7.87. The Morgan fingerprint density at radius 3 is 1.03 bits per heavy atom. The summed E-state index contributed by atoms with van der Waals surface area (Å²) >= 11 is 11.6. The summed E-state index contributed by atoms with van der Waals surface area (Å²) in [6.07, 6.45) is 0. The van der Waals surface area contributed by atoms with Gasteiger partial charge >= 0.3 is 20.2 Å². The molecule has 0 aliphatic heterocycles. The molecule has 0 saturated carbocycles. The Morgan fingerprint density at radius 1 is 0.429 bits per heavy atom. The van der Waals surface area contributed by atoms with Gasteiger partial charge in [-0.05, 0) is 97.1 Å². The van der Waals surface area contributed by atoms with E-state index in [1.807, 2.05) is 0 Å². The van der Waals surface area contributed by atoms with Crippen molar-refractivity contribution in [1.82, 2.24) is 0 Å². The van der Waals surface area contributed by atoms with E-state index in [1.165, 1.54) is 97.1 Å². The third kappa shape index (κ3) is 6.46. The Balaban J connectivity index is 1.42. The van der Waals surface area contributed by atoms with Crippen LogP contribution in [0.25, 0.3) is 0 Å². The third-order valence-electron chi connectivity index (χ3n) is 4.50. The summed E-state index contributed by atoms with van der Waals surface area (Å²) in [5, 5.41) is 0.909. The molecule has 0 bridgehead atoms. The van der Waals surface area contributed by atoms with Crippen LogP contribution in [0, 0.1) is 0 Å². The van der Waals surface area contributed by atoms with Gasteiger partial charge in [0.25, 0.3) is 0 Å². The van der Waals surface area contributed by atoms with Crippen LogP contribution >= 0.6 is 23.2 Å². The zero-order chi connectivity index (χ0) is 25.1. The Hall–Kier alpha value is -3.24. The van der Waals surface area contributed by atoms with Crippen molar-refractivity contribution in [3.63, 3.8) is 0 Å². The van der Waals surface area contributed by atoms with Gasteiger partial charge in [0.2, 0.25) is 0 Å². The number of hydrogen-bond donors (Lipinski definition) is 0. The summed E-state index contributed by atoms with van der Waals surface area (Å²) < 4.78 is 65.7. The molecule has 4 aromatic rings. The first kappa shape index (κ1) is 24.9.